The Kier molecular flexibility index (Phi) is 8.05. The molecule has 0 aliphatic heterocycles. The fourth-order valence-corrected chi connectivity index (χ4v) is 4.56. The molecule has 1 fully saturated rings. The summed E-state index contributed by atoms with van der Waals surface area (Å²) in [7, 11) is 1.56. The molecule has 1 aromatic heterocycles. The van der Waals surface area contributed by atoms with Crippen LogP contribution < -0.4 is 20.3 Å². The number of rotatable bonds is 9. The average molecular weight is 490 g/mol. The van der Waals surface area contributed by atoms with Crippen molar-refractivity contribution in [3.8, 4) is 5.75 Å². The monoisotopic (exact) mass is 489 g/mol. The van der Waals surface area contributed by atoms with Gasteiger partial charge in [-0.2, -0.15) is 0 Å². The van der Waals surface area contributed by atoms with E-state index in [4.69, 9.17) is 9.15 Å². The number of ether oxygens (including phenoxy) is 1. The minimum Gasteiger partial charge on any atom is -0.497 e. The lowest BCUT2D eigenvalue weighted by molar-refractivity contribution is -0.126. The maximum absolute atomic E-state index is 13.8. The normalized spacial score (nSPS) is 14.2. The zero-order valence-corrected chi connectivity index (χ0v) is 20.5. The van der Waals surface area contributed by atoms with Gasteiger partial charge < -0.3 is 19.8 Å². The van der Waals surface area contributed by atoms with E-state index in [0.29, 0.717) is 11.4 Å². The molecule has 0 radical (unpaired) electrons. The van der Waals surface area contributed by atoms with Crippen LogP contribution in [0.3, 0.4) is 0 Å². The van der Waals surface area contributed by atoms with Crippen molar-refractivity contribution < 1.29 is 23.5 Å². The zero-order valence-electron chi connectivity index (χ0n) is 20.5. The van der Waals surface area contributed by atoms with Crippen molar-refractivity contribution in [3.05, 3.63) is 83.8 Å². The van der Waals surface area contributed by atoms with Crippen LogP contribution in [0.4, 0.5) is 5.69 Å². The van der Waals surface area contributed by atoms with Gasteiger partial charge in [-0.05, 0) is 67.3 Å². The van der Waals surface area contributed by atoms with E-state index in [9.17, 15) is 14.4 Å². The van der Waals surface area contributed by atoms with E-state index in [0.717, 1.165) is 36.8 Å². The molecule has 0 unspecified atom stereocenters. The SMILES string of the molecule is COc1ccc(N(C(=O)CNC(=O)c2ccco2)[C@@H](C(=O)NC2CCCC2)c2ccccc2C)cc1. The largest absolute Gasteiger partial charge is 0.497 e. The van der Waals surface area contributed by atoms with Crippen molar-refractivity contribution in [2.45, 2.75) is 44.7 Å². The highest BCUT2D eigenvalue weighted by Crippen LogP contribution is 2.32. The number of amides is 3. The second kappa shape index (κ2) is 11.6. The van der Waals surface area contributed by atoms with Crippen LogP contribution in [0.2, 0.25) is 0 Å². The molecule has 1 aliphatic carbocycles. The minimum absolute atomic E-state index is 0.0792. The first-order valence-electron chi connectivity index (χ1n) is 12.1. The molecule has 1 heterocycles. The number of aryl methyl sites for hydroxylation is 1. The van der Waals surface area contributed by atoms with Crippen molar-refractivity contribution in [3.63, 3.8) is 0 Å². The van der Waals surface area contributed by atoms with E-state index >= 15 is 0 Å². The van der Waals surface area contributed by atoms with Crippen molar-refractivity contribution in [1.29, 1.82) is 0 Å². The number of nitrogens with one attached hydrogen (secondary N) is 2. The third-order valence-corrected chi connectivity index (χ3v) is 6.46. The van der Waals surface area contributed by atoms with Crippen LogP contribution in [0, 0.1) is 6.92 Å². The first-order chi connectivity index (χ1) is 17.5. The molecule has 3 aromatic rings. The smallest absolute Gasteiger partial charge is 0.287 e. The number of carbonyl (C=O) groups excluding carboxylic acids is 3. The molecule has 36 heavy (non-hydrogen) atoms. The Morgan fingerprint density at radius 3 is 2.39 bits per heavy atom. The Balaban J connectivity index is 1.70. The quantitative estimate of drug-likeness (QED) is 0.470. The Morgan fingerprint density at radius 2 is 1.75 bits per heavy atom. The number of benzene rings is 2. The molecular weight excluding hydrogens is 458 g/mol. The summed E-state index contributed by atoms with van der Waals surface area (Å²) in [4.78, 5) is 41.4. The van der Waals surface area contributed by atoms with Crippen LogP contribution in [0.25, 0.3) is 0 Å². The predicted molar refractivity (Wildman–Crippen MR) is 136 cm³/mol. The fourth-order valence-electron chi connectivity index (χ4n) is 4.56. The molecule has 8 heteroatoms. The molecule has 188 valence electrons. The van der Waals surface area contributed by atoms with Crippen molar-refractivity contribution in [2.75, 3.05) is 18.6 Å². The van der Waals surface area contributed by atoms with Crippen molar-refractivity contribution >= 4 is 23.4 Å². The van der Waals surface area contributed by atoms with Gasteiger partial charge in [0.1, 0.15) is 11.8 Å². The van der Waals surface area contributed by atoms with Gasteiger partial charge in [0.05, 0.1) is 19.9 Å². The van der Waals surface area contributed by atoms with Crippen LogP contribution in [-0.2, 0) is 9.59 Å². The fraction of sp³-hybridized carbons (Fsp3) is 0.321. The van der Waals surface area contributed by atoms with Gasteiger partial charge >= 0.3 is 0 Å². The number of carbonyl (C=O) groups is 3. The van der Waals surface area contributed by atoms with Gasteiger partial charge in [0, 0.05) is 11.7 Å². The first kappa shape index (κ1) is 25.0. The Labute approximate surface area is 210 Å². The van der Waals surface area contributed by atoms with E-state index in [1.807, 2.05) is 31.2 Å². The lowest BCUT2D eigenvalue weighted by atomic mass is 9.97. The third kappa shape index (κ3) is 5.76. The number of hydrogen-bond donors (Lipinski definition) is 2. The molecule has 2 aromatic carbocycles. The van der Waals surface area contributed by atoms with Crippen LogP contribution in [-0.4, -0.2) is 37.4 Å². The van der Waals surface area contributed by atoms with E-state index in [2.05, 4.69) is 10.6 Å². The molecule has 1 atom stereocenters. The zero-order chi connectivity index (χ0) is 25.5. The summed E-state index contributed by atoms with van der Waals surface area (Å²) in [5, 5.41) is 5.77. The number of anilines is 1. The topological polar surface area (TPSA) is 101 Å². The molecule has 8 nitrogen and oxygen atoms in total. The van der Waals surface area contributed by atoms with Gasteiger partial charge in [0.25, 0.3) is 5.91 Å². The highest BCUT2D eigenvalue weighted by molar-refractivity contribution is 6.04. The summed E-state index contributed by atoms with van der Waals surface area (Å²) < 4.78 is 10.4. The number of nitrogens with zero attached hydrogens (tertiary/aromatic N) is 1. The van der Waals surface area contributed by atoms with Crippen LogP contribution in [0.5, 0.6) is 5.75 Å². The molecule has 1 saturated carbocycles. The maximum atomic E-state index is 13.8. The molecule has 0 spiro atoms. The maximum Gasteiger partial charge on any atom is 0.287 e. The second-order valence-corrected chi connectivity index (χ2v) is 8.87. The van der Waals surface area contributed by atoms with Gasteiger partial charge in [-0.3, -0.25) is 19.3 Å². The van der Waals surface area contributed by atoms with E-state index in [-0.39, 0.29) is 24.3 Å². The molecule has 2 N–H and O–H groups in total. The molecule has 4 rings (SSSR count). The highest BCUT2D eigenvalue weighted by atomic mass is 16.5. The van der Waals surface area contributed by atoms with Gasteiger partial charge in [-0.1, -0.05) is 37.1 Å². The average Bonchev–Trinajstić information content (AvgIpc) is 3.61. The second-order valence-electron chi connectivity index (χ2n) is 8.87. The first-order valence-corrected chi connectivity index (χ1v) is 12.1. The number of furan rings is 1. The molecule has 0 bridgehead atoms. The van der Waals surface area contributed by atoms with Gasteiger partial charge in [0.2, 0.25) is 11.8 Å². The Bertz CT molecular complexity index is 1180. The van der Waals surface area contributed by atoms with E-state index in [1.165, 1.54) is 17.2 Å². The summed E-state index contributed by atoms with van der Waals surface area (Å²) in [6, 6.07) is 16.7. The predicted octanol–water partition coefficient (Wildman–Crippen LogP) is 4.16. The van der Waals surface area contributed by atoms with E-state index < -0.39 is 17.9 Å². The van der Waals surface area contributed by atoms with Crippen molar-refractivity contribution in [1.82, 2.24) is 10.6 Å². The molecule has 1 aliphatic rings. The van der Waals surface area contributed by atoms with Crippen LogP contribution in [0.15, 0.2) is 71.3 Å². The third-order valence-electron chi connectivity index (χ3n) is 6.46. The van der Waals surface area contributed by atoms with Gasteiger partial charge in [-0.15, -0.1) is 0 Å². The number of hydrogen-bond acceptors (Lipinski definition) is 5. The Morgan fingerprint density at radius 1 is 1.03 bits per heavy atom. The summed E-state index contributed by atoms with van der Waals surface area (Å²) in [5.41, 5.74) is 2.12. The van der Waals surface area contributed by atoms with Crippen molar-refractivity contribution in [2.24, 2.45) is 0 Å². The van der Waals surface area contributed by atoms with Gasteiger partial charge in [0.15, 0.2) is 5.76 Å². The molecule has 3 amide bonds. The highest BCUT2D eigenvalue weighted by Gasteiger charge is 2.35. The number of methoxy groups -OCH3 is 1. The standard InChI is InChI=1S/C28H31N3O5/c1-19-8-3-6-11-23(19)26(28(34)30-20-9-4-5-10-20)31(21-13-15-22(35-2)16-14-21)25(32)18-29-27(33)24-12-7-17-36-24/h3,6-8,11-17,20,26H,4-5,9-10,18H2,1-2H3,(H,29,33)(H,30,34)/t26-/m1/s1. The lowest BCUT2D eigenvalue weighted by Gasteiger charge is -2.33. The summed E-state index contributed by atoms with van der Waals surface area (Å²) in [5.74, 6) is -0.466. The minimum atomic E-state index is -0.923. The molecular formula is C28H31N3O5. The van der Waals surface area contributed by atoms with E-state index in [1.54, 1.807) is 37.4 Å². The lowest BCUT2D eigenvalue weighted by Crippen LogP contribution is -2.49. The summed E-state index contributed by atoms with van der Waals surface area (Å²) >= 11 is 0. The Hall–Kier alpha value is -4.07. The van der Waals surface area contributed by atoms with Gasteiger partial charge in [-0.25, -0.2) is 0 Å². The summed E-state index contributed by atoms with van der Waals surface area (Å²) in [6.07, 6.45) is 5.37. The van der Waals surface area contributed by atoms with Crippen LogP contribution in [0.1, 0.15) is 53.4 Å². The summed E-state index contributed by atoms with van der Waals surface area (Å²) in [6.45, 7) is 1.60. The molecule has 0 saturated heterocycles. The van der Waals surface area contributed by atoms with Crippen LogP contribution >= 0.6 is 0 Å².